The fourth-order valence-electron chi connectivity index (χ4n) is 1.61. The Bertz CT molecular complexity index is 540. The summed E-state index contributed by atoms with van der Waals surface area (Å²) in [4.78, 5) is 12.0. The van der Waals surface area contributed by atoms with Crippen molar-refractivity contribution < 1.29 is 4.79 Å². The van der Waals surface area contributed by atoms with Gasteiger partial charge in [-0.05, 0) is 40.5 Å². The molecule has 0 aliphatic carbocycles. The van der Waals surface area contributed by atoms with Crippen LogP contribution >= 0.6 is 15.9 Å². The van der Waals surface area contributed by atoms with Crippen molar-refractivity contribution in [2.45, 2.75) is 6.92 Å². The zero-order chi connectivity index (χ0) is 12.4. The van der Waals surface area contributed by atoms with E-state index >= 15 is 0 Å². The molecule has 0 spiro atoms. The first-order valence-corrected chi connectivity index (χ1v) is 6.05. The molecular formula is C13H13BrN2O. The highest BCUT2D eigenvalue weighted by Gasteiger charge is 2.10. The molecule has 1 aromatic heterocycles. The first-order chi connectivity index (χ1) is 8.08. The van der Waals surface area contributed by atoms with Gasteiger partial charge in [-0.15, -0.1) is 0 Å². The highest BCUT2D eigenvalue weighted by Crippen LogP contribution is 2.26. The van der Waals surface area contributed by atoms with E-state index < -0.39 is 0 Å². The summed E-state index contributed by atoms with van der Waals surface area (Å²) in [6, 6.07) is 7.61. The summed E-state index contributed by atoms with van der Waals surface area (Å²) in [6.07, 6.45) is 3.64. The second kappa shape index (κ2) is 4.75. The summed E-state index contributed by atoms with van der Waals surface area (Å²) >= 11 is 3.43. The quantitative estimate of drug-likeness (QED) is 0.905. The van der Waals surface area contributed by atoms with Crippen LogP contribution in [0.5, 0.6) is 0 Å². The van der Waals surface area contributed by atoms with Crippen LogP contribution in [0.3, 0.4) is 0 Å². The van der Waals surface area contributed by atoms with Gasteiger partial charge < -0.3 is 9.88 Å². The molecule has 88 valence electrons. The number of carbonyl (C=O) groups is 1. The fraction of sp³-hybridized carbons (Fsp3) is 0.154. The van der Waals surface area contributed by atoms with E-state index in [9.17, 15) is 4.79 Å². The fourth-order valence-corrected chi connectivity index (χ4v) is 2.18. The minimum absolute atomic E-state index is 0.0967. The van der Waals surface area contributed by atoms with E-state index in [2.05, 4.69) is 21.2 Å². The van der Waals surface area contributed by atoms with Crippen LogP contribution in [0.2, 0.25) is 0 Å². The molecule has 4 heteroatoms. The predicted octanol–water partition coefficient (Wildman–Crippen LogP) is 3.35. The van der Waals surface area contributed by atoms with Crippen LogP contribution in [-0.2, 0) is 7.05 Å². The topological polar surface area (TPSA) is 34.0 Å². The molecule has 0 aliphatic heterocycles. The van der Waals surface area contributed by atoms with E-state index in [1.807, 2.05) is 42.9 Å². The molecule has 0 saturated heterocycles. The third kappa shape index (κ3) is 2.58. The summed E-state index contributed by atoms with van der Waals surface area (Å²) in [5, 5.41) is 2.91. The third-order valence-corrected chi connectivity index (χ3v) is 3.22. The summed E-state index contributed by atoms with van der Waals surface area (Å²) in [7, 11) is 1.89. The number of hydrogen-bond donors (Lipinski definition) is 1. The summed E-state index contributed by atoms with van der Waals surface area (Å²) in [6.45, 7) is 1.96. The van der Waals surface area contributed by atoms with Crippen LogP contribution < -0.4 is 5.32 Å². The molecule has 0 unspecified atom stereocenters. The van der Waals surface area contributed by atoms with Gasteiger partial charge in [-0.1, -0.05) is 12.1 Å². The maximum absolute atomic E-state index is 12.0. The minimum atomic E-state index is -0.0967. The SMILES string of the molecule is Cc1cccc(Br)c1NC(=O)c1ccn(C)c1. The Labute approximate surface area is 109 Å². The van der Waals surface area contributed by atoms with E-state index in [4.69, 9.17) is 0 Å². The maximum atomic E-state index is 12.0. The van der Waals surface area contributed by atoms with Gasteiger partial charge in [-0.25, -0.2) is 0 Å². The lowest BCUT2D eigenvalue weighted by atomic mass is 10.2. The molecule has 0 fully saturated rings. The number of rotatable bonds is 2. The molecule has 0 atom stereocenters. The number of benzene rings is 1. The number of halogens is 1. The Morgan fingerprint density at radius 2 is 2.12 bits per heavy atom. The Kier molecular flexibility index (Phi) is 3.33. The van der Waals surface area contributed by atoms with Crippen LogP contribution in [-0.4, -0.2) is 10.5 Å². The predicted molar refractivity (Wildman–Crippen MR) is 72.2 cm³/mol. The second-order valence-electron chi connectivity index (χ2n) is 3.95. The molecule has 0 saturated carbocycles. The number of nitrogens with one attached hydrogen (secondary N) is 1. The van der Waals surface area contributed by atoms with Crippen LogP contribution in [0, 0.1) is 6.92 Å². The van der Waals surface area contributed by atoms with Crippen molar-refractivity contribution in [3.63, 3.8) is 0 Å². The Morgan fingerprint density at radius 1 is 1.35 bits per heavy atom. The number of nitrogens with zero attached hydrogens (tertiary/aromatic N) is 1. The van der Waals surface area contributed by atoms with Crippen LogP contribution in [0.15, 0.2) is 41.1 Å². The van der Waals surface area contributed by atoms with Crippen molar-refractivity contribution in [2.75, 3.05) is 5.32 Å². The summed E-state index contributed by atoms with van der Waals surface area (Å²) in [5.41, 5.74) is 2.51. The van der Waals surface area contributed by atoms with Crippen molar-refractivity contribution in [1.29, 1.82) is 0 Å². The normalized spacial score (nSPS) is 10.3. The molecule has 2 aromatic rings. The van der Waals surface area contributed by atoms with E-state index in [0.29, 0.717) is 5.56 Å². The molecule has 17 heavy (non-hydrogen) atoms. The Balaban J connectivity index is 2.24. The van der Waals surface area contributed by atoms with Crippen LogP contribution in [0.25, 0.3) is 0 Å². The highest BCUT2D eigenvalue weighted by atomic mass is 79.9. The monoisotopic (exact) mass is 292 g/mol. The van der Waals surface area contributed by atoms with Gasteiger partial charge in [-0.2, -0.15) is 0 Å². The smallest absolute Gasteiger partial charge is 0.257 e. The average Bonchev–Trinajstić information content (AvgIpc) is 2.70. The first-order valence-electron chi connectivity index (χ1n) is 5.26. The molecule has 1 aromatic carbocycles. The number of anilines is 1. The van der Waals surface area contributed by atoms with E-state index in [1.165, 1.54) is 0 Å². The number of hydrogen-bond acceptors (Lipinski definition) is 1. The minimum Gasteiger partial charge on any atom is -0.356 e. The molecule has 0 radical (unpaired) electrons. The standard InChI is InChI=1S/C13H13BrN2O/c1-9-4-3-5-11(14)12(9)15-13(17)10-6-7-16(2)8-10/h3-8H,1-2H3,(H,15,17). The van der Waals surface area contributed by atoms with Crippen LogP contribution in [0.1, 0.15) is 15.9 Å². The summed E-state index contributed by atoms with van der Waals surface area (Å²) in [5.74, 6) is -0.0967. The van der Waals surface area contributed by atoms with Gasteiger partial charge in [0.1, 0.15) is 0 Å². The molecule has 0 aliphatic rings. The zero-order valence-corrected chi connectivity index (χ0v) is 11.3. The summed E-state index contributed by atoms with van der Waals surface area (Å²) < 4.78 is 2.74. The lowest BCUT2D eigenvalue weighted by Gasteiger charge is -2.09. The van der Waals surface area contributed by atoms with Gasteiger partial charge in [0.15, 0.2) is 0 Å². The molecule has 2 rings (SSSR count). The zero-order valence-electron chi connectivity index (χ0n) is 9.70. The average molecular weight is 293 g/mol. The maximum Gasteiger partial charge on any atom is 0.257 e. The second-order valence-corrected chi connectivity index (χ2v) is 4.81. The molecule has 1 amide bonds. The van der Waals surface area contributed by atoms with Gasteiger partial charge >= 0.3 is 0 Å². The molecular weight excluding hydrogens is 280 g/mol. The van der Waals surface area contributed by atoms with Gasteiger partial charge in [-0.3, -0.25) is 4.79 Å². The number of para-hydroxylation sites is 1. The number of amides is 1. The Hall–Kier alpha value is -1.55. The number of aromatic nitrogens is 1. The molecule has 3 nitrogen and oxygen atoms in total. The van der Waals surface area contributed by atoms with Crippen LogP contribution in [0.4, 0.5) is 5.69 Å². The van der Waals surface area contributed by atoms with Crippen molar-refractivity contribution >= 4 is 27.5 Å². The van der Waals surface area contributed by atoms with E-state index in [1.54, 1.807) is 12.3 Å². The number of aryl methyl sites for hydroxylation is 2. The lowest BCUT2D eigenvalue weighted by Crippen LogP contribution is -2.12. The van der Waals surface area contributed by atoms with E-state index in [-0.39, 0.29) is 5.91 Å². The number of carbonyl (C=O) groups excluding carboxylic acids is 1. The molecule has 0 bridgehead atoms. The molecule has 1 heterocycles. The lowest BCUT2D eigenvalue weighted by molar-refractivity contribution is 0.102. The molecule has 1 N–H and O–H groups in total. The van der Waals surface area contributed by atoms with Crippen molar-refractivity contribution in [3.8, 4) is 0 Å². The van der Waals surface area contributed by atoms with Crippen molar-refractivity contribution in [2.24, 2.45) is 7.05 Å². The highest BCUT2D eigenvalue weighted by molar-refractivity contribution is 9.10. The Morgan fingerprint density at radius 3 is 2.71 bits per heavy atom. The van der Waals surface area contributed by atoms with Gasteiger partial charge in [0.2, 0.25) is 0 Å². The van der Waals surface area contributed by atoms with Gasteiger partial charge in [0.25, 0.3) is 5.91 Å². The van der Waals surface area contributed by atoms with Gasteiger partial charge in [0, 0.05) is 23.9 Å². The van der Waals surface area contributed by atoms with E-state index in [0.717, 1.165) is 15.7 Å². The third-order valence-electron chi connectivity index (χ3n) is 2.55. The van der Waals surface area contributed by atoms with Gasteiger partial charge in [0.05, 0.1) is 11.3 Å². The van der Waals surface area contributed by atoms with Crippen molar-refractivity contribution in [1.82, 2.24) is 4.57 Å². The first kappa shape index (κ1) is 11.9. The van der Waals surface area contributed by atoms with Crippen molar-refractivity contribution in [3.05, 3.63) is 52.3 Å². The largest absolute Gasteiger partial charge is 0.356 e.